The topological polar surface area (TPSA) is 56.8 Å². The van der Waals surface area contributed by atoms with Gasteiger partial charge in [-0.05, 0) is 7.05 Å². The summed E-state index contributed by atoms with van der Waals surface area (Å²) in [7, 11) is 3.62. The first kappa shape index (κ1) is 14.2. The maximum Gasteiger partial charge on any atom is 0.409 e. The number of hydrogen-bond acceptors (Lipinski definition) is 5. The molecule has 0 atom stereocenters. The van der Waals surface area contributed by atoms with Crippen LogP contribution in [0.3, 0.4) is 0 Å². The van der Waals surface area contributed by atoms with Gasteiger partial charge in [0.05, 0.1) is 0 Å². The van der Waals surface area contributed by atoms with Gasteiger partial charge in [0, 0.05) is 52.9 Å². The van der Waals surface area contributed by atoms with Crippen LogP contribution in [-0.2, 0) is 4.74 Å². The average Bonchev–Trinajstić information content (AvgIpc) is 2.37. The summed E-state index contributed by atoms with van der Waals surface area (Å²) in [5.41, 5.74) is 0. The lowest BCUT2D eigenvalue weighted by atomic mass is 10.4. The van der Waals surface area contributed by atoms with E-state index in [1.54, 1.807) is 11.9 Å². The van der Waals surface area contributed by atoms with Crippen LogP contribution in [0.25, 0.3) is 0 Å². The van der Waals surface area contributed by atoms with Crippen LogP contribution in [0.15, 0.2) is 0 Å². The van der Waals surface area contributed by atoms with Gasteiger partial charge in [0.2, 0.25) is 0 Å². The Hall–Kier alpha value is -0.850. The maximum absolute atomic E-state index is 11.5. The van der Waals surface area contributed by atoms with Crippen molar-refractivity contribution in [2.45, 2.75) is 0 Å². The van der Waals surface area contributed by atoms with Gasteiger partial charge >= 0.3 is 6.09 Å². The van der Waals surface area contributed by atoms with Crippen molar-refractivity contribution in [3.63, 3.8) is 0 Å². The van der Waals surface area contributed by atoms with Crippen molar-refractivity contribution < 1.29 is 9.53 Å². The molecule has 6 heteroatoms. The molecule has 0 aromatic heterocycles. The summed E-state index contributed by atoms with van der Waals surface area (Å²) in [6.07, 6.45) is -0.240. The van der Waals surface area contributed by atoms with Crippen molar-refractivity contribution in [2.24, 2.45) is 0 Å². The lowest BCUT2D eigenvalue weighted by Crippen LogP contribution is -2.45. The Morgan fingerprint density at radius 3 is 2.82 bits per heavy atom. The van der Waals surface area contributed by atoms with Gasteiger partial charge in [-0.25, -0.2) is 4.79 Å². The Kier molecular flexibility index (Phi) is 6.91. The van der Waals surface area contributed by atoms with E-state index >= 15 is 0 Å². The Balaban J connectivity index is 2.06. The molecule has 0 aromatic rings. The number of ether oxygens (including phenoxy) is 1. The molecule has 17 heavy (non-hydrogen) atoms. The van der Waals surface area contributed by atoms with Gasteiger partial charge in [-0.2, -0.15) is 0 Å². The molecule has 1 rings (SSSR count). The summed E-state index contributed by atoms with van der Waals surface area (Å²) in [5.74, 6) is 0. The minimum absolute atomic E-state index is 0.240. The van der Waals surface area contributed by atoms with E-state index in [9.17, 15) is 4.79 Å². The average molecular weight is 244 g/mol. The van der Waals surface area contributed by atoms with Crippen LogP contribution in [0, 0.1) is 0 Å². The van der Waals surface area contributed by atoms with Crippen molar-refractivity contribution in [1.82, 2.24) is 20.4 Å². The third kappa shape index (κ3) is 5.86. The van der Waals surface area contributed by atoms with Crippen LogP contribution in [-0.4, -0.2) is 82.4 Å². The molecular weight excluding hydrogens is 220 g/mol. The summed E-state index contributed by atoms with van der Waals surface area (Å²) in [6, 6.07) is 0. The molecule has 1 aliphatic rings. The highest BCUT2D eigenvalue weighted by atomic mass is 16.6. The smallest absolute Gasteiger partial charge is 0.409 e. The van der Waals surface area contributed by atoms with Crippen molar-refractivity contribution in [1.29, 1.82) is 0 Å². The number of rotatable bonds is 6. The summed E-state index contributed by atoms with van der Waals surface area (Å²) >= 11 is 0. The second-order valence-electron chi connectivity index (χ2n) is 4.23. The van der Waals surface area contributed by atoms with Crippen LogP contribution in [0.4, 0.5) is 4.79 Å². The van der Waals surface area contributed by atoms with Crippen LogP contribution in [0.5, 0.6) is 0 Å². The predicted octanol–water partition coefficient (Wildman–Crippen LogP) is -0.821. The Bertz CT molecular complexity index is 220. The fourth-order valence-electron chi connectivity index (χ4n) is 1.68. The van der Waals surface area contributed by atoms with E-state index < -0.39 is 0 Å². The molecule has 0 bridgehead atoms. The molecule has 0 radical (unpaired) electrons. The zero-order valence-corrected chi connectivity index (χ0v) is 10.9. The van der Waals surface area contributed by atoms with E-state index in [1.165, 1.54) is 0 Å². The number of amides is 1. The van der Waals surface area contributed by atoms with E-state index in [0.29, 0.717) is 13.2 Å². The van der Waals surface area contributed by atoms with E-state index in [2.05, 4.69) is 15.5 Å². The Morgan fingerprint density at radius 2 is 2.18 bits per heavy atom. The number of hydrogen-bond donors (Lipinski definition) is 2. The number of nitrogens with one attached hydrogen (secondary N) is 2. The first-order valence-corrected chi connectivity index (χ1v) is 6.19. The van der Waals surface area contributed by atoms with Crippen molar-refractivity contribution >= 4 is 6.09 Å². The molecule has 6 nitrogen and oxygen atoms in total. The second-order valence-corrected chi connectivity index (χ2v) is 4.23. The lowest BCUT2D eigenvalue weighted by Gasteiger charge is -2.27. The van der Waals surface area contributed by atoms with Gasteiger partial charge in [-0.1, -0.05) is 0 Å². The molecule has 1 aliphatic heterocycles. The van der Waals surface area contributed by atoms with Gasteiger partial charge in [0.1, 0.15) is 6.61 Å². The van der Waals surface area contributed by atoms with Gasteiger partial charge in [0.25, 0.3) is 0 Å². The molecule has 0 saturated carbocycles. The fraction of sp³-hybridized carbons (Fsp3) is 0.909. The first-order chi connectivity index (χ1) is 8.24. The van der Waals surface area contributed by atoms with Crippen molar-refractivity contribution in [3.05, 3.63) is 0 Å². The molecule has 100 valence electrons. The normalized spacial score (nSPS) is 16.8. The van der Waals surface area contributed by atoms with Crippen LogP contribution in [0.1, 0.15) is 0 Å². The lowest BCUT2D eigenvalue weighted by molar-refractivity contribution is 0.0954. The molecule has 2 N–H and O–H groups in total. The van der Waals surface area contributed by atoms with Crippen molar-refractivity contribution in [3.8, 4) is 0 Å². The predicted molar refractivity (Wildman–Crippen MR) is 67.2 cm³/mol. The summed E-state index contributed by atoms with van der Waals surface area (Å²) < 4.78 is 5.20. The van der Waals surface area contributed by atoms with Crippen molar-refractivity contribution in [2.75, 3.05) is 66.5 Å². The molecular formula is C11H24N4O2. The minimum atomic E-state index is -0.240. The van der Waals surface area contributed by atoms with Gasteiger partial charge in [-0.3, -0.25) is 4.90 Å². The highest BCUT2D eigenvalue weighted by Gasteiger charge is 2.12. The Morgan fingerprint density at radius 1 is 1.47 bits per heavy atom. The number of carbonyl (C=O) groups is 1. The molecule has 0 spiro atoms. The molecule has 0 aliphatic carbocycles. The molecule has 1 amide bonds. The van der Waals surface area contributed by atoms with E-state index in [-0.39, 0.29) is 6.09 Å². The van der Waals surface area contributed by atoms with Crippen LogP contribution in [0.2, 0.25) is 0 Å². The minimum Gasteiger partial charge on any atom is -0.448 e. The molecule has 0 unspecified atom stereocenters. The van der Waals surface area contributed by atoms with Gasteiger partial charge in [0.15, 0.2) is 0 Å². The second kappa shape index (κ2) is 8.27. The van der Waals surface area contributed by atoms with Gasteiger partial charge < -0.3 is 20.3 Å². The first-order valence-electron chi connectivity index (χ1n) is 6.19. The quantitative estimate of drug-likeness (QED) is 0.639. The summed E-state index contributed by atoms with van der Waals surface area (Å²) in [5, 5.41) is 6.29. The Labute approximate surface area is 103 Å². The van der Waals surface area contributed by atoms with E-state index in [1.807, 2.05) is 7.05 Å². The highest BCUT2D eigenvalue weighted by Crippen LogP contribution is 1.94. The zero-order chi connectivity index (χ0) is 12.5. The maximum atomic E-state index is 11.5. The number of piperazine rings is 1. The fourth-order valence-corrected chi connectivity index (χ4v) is 1.68. The largest absolute Gasteiger partial charge is 0.448 e. The van der Waals surface area contributed by atoms with Gasteiger partial charge in [-0.15, -0.1) is 0 Å². The SMILES string of the molecule is CNCCN(C)C(=O)OCCN1CCNCC1. The number of carbonyl (C=O) groups excluding carboxylic acids is 1. The van der Waals surface area contributed by atoms with Crippen LogP contribution >= 0.6 is 0 Å². The third-order valence-electron chi connectivity index (χ3n) is 2.85. The molecule has 1 fully saturated rings. The number of nitrogens with zero attached hydrogens (tertiary/aromatic N) is 2. The molecule has 1 heterocycles. The zero-order valence-electron chi connectivity index (χ0n) is 10.9. The summed E-state index contributed by atoms with van der Waals surface area (Å²) in [4.78, 5) is 15.4. The number of likely N-dealkylation sites (N-methyl/N-ethyl adjacent to an activating group) is 2. The monoisotopic (exact) mass is 244 g/mol. The highest BCUT2D eigenvalue weighted by molar-refractivity contribution is 5.67. The van der Waals surface area contributed by atoms with E-state index in [4.69, 9.17) is 4.74 Å². The van der Waals surface area contributed by atoms with Crippen LogP contribution < -0.4 is 10.6 Å². The van der Waals surface area contributed by atoms with E-state index in [0.717, 1.165) is 39.3 Å². The molecule has 0 aromatic carbocycles. The molecule has 1 saturated heterocycles. The summed E-state index contributed by atoms with van der Waals surface area (Å²) in [6.45, 7) is 6.87. The third-order valence-corrected chi connectivity index (χ3v) is 2.85. The standard InChI is InChI=1S/C11H24N4O2/c1-12-3-6-14(2)11(16)17-10-9-15-7-4-13-5-8-15/h12-13H,3-10H2,1-2H3.